The molecule has 0 saturated heterocycles. The van der Waals surface area contributed by atoms with Crippen molar-refractivity contribution in [2.24, 2.45) is 0 Å². The Hall–Kier alpha value is -1.88. The molecule has 19 heavy (non-hydrogen) atoms. The first-order chi connectivity index (χ1) is 8.77. The summed E-state index contributed by atoms with van der Waals surface area (Å²) in [5, 5.41) is 11.9. The van der Waals surface area contributed by atoms with Crippen molar-refractivity contribution >= 4 is 17.5 Å². The van der Waals surface area contributed by atoms with Gasteiger partial charge in [0.25, 0.3) is 5.91 Å². The van der Waals surface area contributed by atoms with Crippen LogP contribution in [0.15, 0.2) is 24.3 Å². The van der Waals surface area contributed by atoms with Crippen LogP contribution in [0, 0.1) is 0 Å². The van der Waals surface area contributed by atoms with E-state index >= 15 is 0 Å². The quantitative estimate of drug-likeness (QED) is 0.865. The monoisotopic (exact) mass is 264 g/mol. The van der Waals surface area contributed by atoms with Gasteiger partial charge in [-0.15, -0.1) is 0 Å². The Labute approximate surface area is 113 Å². The second-order valence-electron chi connectivity index (χ2n) is 5.09. The Balaban J connectivity index is 2.86. The van der Waals surface area contributed by atoms with Gasteiger partial charge in [-0.05, 0) is 38.1 Å². The summed E-state index contributed by atoms with van der Waals surface area (Å²) in [6, 6.07) is 6.65. The zero-order valence-corrected chi connectivity index (χ0v) is 11.7. The number of likely N-dealkylation sites (N-methyl/N-ethyl adjacent to an activating group) is 1. The molecule has 0 radical (unpaired) electrons. The van der Waals surface area contributed by atoms with Crippen molar-refractivity contribution in [2.75, 3.05) is 19.0 Å². The molecule has 1 aromatic carbocycles. The fourth-order valence-electron chi connectivity index (χ4n) is 1.47. The van der Waals surface area contributed by atoms with Crippen LogP contribution in [0.25, 0.3) is 0 Å². The fourth-order valence-corrected chi connectivity index (χ4v) is 1.47. The average Bonchev–Trinajstić information content (AvgIpc) is 2.37. The molecule has 0 atom stereocenters. The highest BCUT2D eigenvalue weighted by molar-refractivity contribution is 5.95. The topological polar surface area (TPSA) is 69.6 Å². The molecule has 0 heterocycles. The predicted molar refractivity (Wildman–Crippen MR) is 74.0 cm³/mol. The molecule has 2 N–H and O–H groups in total. The summed E-state index contributed by atoms with van der Waals surface area (Å²) in [4.78, 5) is 24.6. The van der Waals surface area contributed by atoms with Gasteiger partial charge in [-0.3, -0.25) is 9.59 Å². The number of carbonyl (C=O) groups is 2. The van der Waals surface area contributed by atoms with Crippen molar-refractivity contribution in [2.45, 2.75) is 26.3 Å². The predicted octanol–water partition coefficient (Wildman–Crippen LogP) is 1.49. The molecule has 1 rings (SSSR count). The first kappa shape index (κ1) is 15.2. The number of anilines is 1. The van der Waals surface area contributed by atoms with Gasteiger partial charge in [0.1, 0.15) is 0 Å². The molecule has 0 bridgehead atoms. The van der Waals surface area contributed by atoms with E-state index in [0.717, 1.165) is 0 Å². The maximum absolute atomic E-state index is 12.2. The molecule has 0 aliphatic carbocycles. The van der Waals surface area contributed by atoms with Gasteiger partial charge in [-0.1, -0.05) is 0 Å². The normalized spacial score (nSPS) is 11.0. The highest BCUT2D eigenvalue weighted by Crippen LogP contribution is 2.17. The standard InChI is InChI=1S/C14H20N2O3/c1-10(18)15-12-7-5-11(6-8-12)13(19)16(4)14(2,3)9-17/h5-8,17H,9H2,1-4H3,(H,15,18). The van der Waals surface area contributed by atoms with Gasteiger partial charge in [-0.2, -0.15) is 0 Å². The van der Waals surface area contributed by atoms with Crippen LogP contribution in [0.5, 0.6) is 0 Å². The molecule has 0 aromatic heterocycles. The third-order valence-corrected chi connectivity index (χ3v) is 3.05. The molecular weight excluding hydrogens is 244 g/mol. The number of nitrogens with one attached hydrogen (secondary N) is 1. The van der Waals surface area contributed by atoms with E-state index < -0.39 is 5.54 Å². The highest BCUT2D eigenvalue weighted by atomic mass is 16.3. The third kappa shape index (κ3) is 3.79. The molecule has 0 unspecified atom stereocenters. The average molecular weight is 264 g/mol. The number of aliphatic hydroxyl groups excluding tert-OH is 1. The van der Waals surface area contributed by atoms with Crippen LogP contribution in [-0.4, -0.2) is 41.0 Å². The van der Waals surface area contributed by atoms with Crippen LogP contribution in [-0.2, 0) is 4.79 Å². The van der Waals surface area contributed by atoms with Gasteiger partial charge in [0.2, 0.25) is 5.91 Å². The van der Waals surface area contributed by atoms with Crippen LogP contribution >= 0.6 is 0 Å². The highest BCUT2D eigenvalue weighted by Gasteiger charge is 2.27. The lowest BCUT2D eigenvalue weighted by molar-refractivity contribution is -0.114. The second-order valence-corrected chi connectivity index (χ2v) is 5.09. The van der Waals surface area contributed by atoms with Crippen molar-refractivity contribution in [1.82, 2.24) is 4.90 Å². The minimum absolute atomic E-state index is 0.112. The Bertz CT molecular complexity index is 466. The van der Waals surface area contributed by atoms with Crippen LogP contribution in [0.2, 0.25) is 0 Å². The van der Waals surface area contributed by atoms with Crippen molar-refractivity contribution < 1.29 is 14.7 Å². The van der Waals surface area contributed by atoms with Gasteiger partial charge < -0.3 is 15.3 Å². The van der Waals surface area contributed by atoms with Crippen LogP contribution in [0.3, 0.4) is 0 Å². The van der Waals surface area contributed by atoms with Crippen molar-refractivity contribution in [1.29, 1.82) is 0 Å². The number of benzene rings is 1. The molecule has 104 valence electrons. The molecule has 0 spiro atoms. The number of rotatable bonds is 4. The Morgan fingerprint density at radius 1 is 1.26 bits per heavy atom. The van der Waals surface area contributed by atoms with E-state index in [9.17, 15) is 14.7 Å². The van der Waals surface area contributed by atoms with Gasteiger partial charge in [0.15, 0.2) is 0 Å². The van der Waals surface area contributed by atoms with Crippen LogP contribution < -0.4 is 5.32 Å². The van der Waals surface area contributed by atoms with Crippen LogP contribution in [0.4, 0.5) is 5.69 Å². The summed E-state index contributed by atoms with van der Waals surface area (Å²) in [5.41, 5.74) is 0.541. The van der Waals surface area contributed by atoms with E-state index in [-0.39, 0.29) is 18.4 Å². The number of hydrogen-bond acceptors (Lipinski definition) is 3. The number of hydrogen-bond donors (Lipinski definition) is 2. The Morgan fingerprint density at radius 3 is 2.21 bits per heavy atom. The van der Waals surface area contributed by atoms with Gasteiger partial charge in [0, 0.05) is 25.2 Å². The Morgan fingerprint density at radius 2 is 1.79 bits per heavy atom. The van der Waals surface area contributed by atoms with E-state index in [4.69, 9.17) is 0 Å². The number of nitrogens with zero attached hydrogens (tertiary/aromatic N) is 1. The summed E-state index contributed by atoms with van der Waals surface area (Å²) < 4.78 is 0. The molecular formula is C14H20N2O3. The summed E-state index contributed by atoms with van der Waals surface area (Å²) in [5.74, 6) is -0.328. The smallest absolute Gasteiger partial charge is 0.254 e. The summed E-state index contributed by atoms with van der Waals surface area (Å²) in [6.45, 7) is 4.89. The zero-order chi connectivity index (χ0) is 14.6. The molecule has 0 aliphatic rings. The van der Waals surface area contributed by atoms with Crippen molar-refractivity contribution in [3.05, 3.63) is 29.8 Å². The molecule has 2 amide bonds. The third-order valence-electron chi connectivity index (χ3n) is 3.05. The molecule has 0 saturated carbocycles. The molecule has 5 nitrogen and oxygen atoms in total. The number of amides is 2. The molecule has 0 aliphatic heterocycles. The lowest BCUT2D eigenvalue weighted by atomic mass is 10.0. The second kappa shape index (κ2) is 5.84. The van der Waals surface area contributed by atoms with Gasteiger partial charge in [-0.25, -0.2) is 0 Å². The molecule has 1 aromatic rings. The first-order valence-corrected chi connectivity index (χ1v) is 6.04. The minimum Gasteiger partial charge on any atom is -0.394 e. The van der Waals surface area contributed by atoms with Crippen molar-refractivity contribution in [3.8, 4) is 0 Å². The maximum Gasteiger partial charge on any atom is 0.254 e. The minimum atomic E-state index is -0.618. The zero-order valence-electron chi connectivity index (χ0n) is 11.7. The SMILES string of the molecule is CC(=O)Nc1ccc(C(=O)N(C)C(C)(C)CO)cc1. The van der Waals surface area contributed by atoms with E-state index in [1.165, 1.54) is 11.8 Å². The van der Waals surface area contributed by atoms with E-state index in [1.807, 2.05) is 0 Å². The van der Waals surface area contributed by atoms with Gasteiger partial charge >= 0.3 is 0 Å². The fraction of sp³-hybridized carbons (Fsp3) is 0.429. The van der Waals surface area contributed by atoms with E-state index in [1.54, 1.807) is 45.2 Å². The number of carbonyl (C=O) groups excluding carboxylic acids is 2. The maximum atomic E-state index is 12.2. The van der Waals surface area contributed by atoms with Crippen molar-refractivity contribution in [3.63, 3.8) is 0 Å². The summed E-state index contributed by atoms with van der Waals surface area (Å²) in [7, 11) is 1.65. The largest absolute Gasteiger partial charge is 0.394 e. The summed E-state index contributed by atoms with van der Waals surface area (Å²) >= 11 is 0. The van der Waals surface area contributed by atoms with Crippen LogP contribution in [0.1, 0.15) is 31.1 Å². The Kier molecular flexibility index (Phi) is 4.67. The lowest BCUT2D eigenvalue weighted by Crippen LogP contribution is -2.47. The first-order valence-electron chi connectivity index (χ1n) is 6.04. The molecule has 5 heteroatoms. The molecule has 0 fully saturated rings. The lowest BCUT2D eigenvalue weighted by Gasteiger charge is -2.34. The number of aliphatic hydroxyl groups is 1. The van der Waals surface area contributed by atoms with Gasteiger partial charge in [0.05, 0.1) is 12.1 Å². The summed E-state index contributed by atoms with van der Waals surface area (Å²) in [6.07, 6.45) is 0. The van der Waals surface area contributed by atoms with E-state index in [2.05, 4.69) is 5.32 Å². The van der Waals surface area contributed by atoms with E-state index in [0.29, 0.717) is 11.3 Å².